The Morgan fingerprint density at radius 3 is 2.31 bits per heavy atom. The second-order valence-electron chi connectivity index (χ2n) is 3.08. The van der Waals surface area contributed by atoms with Gasteiger partial charge in [0.05, 0.1) is 18.2 Å². The fourth-order valence-corrected chi connectivity index (χ4v) is 1.92. The molecular weight excluding hydrogens is 336 g/mol. The standard InChI is InChI=1S/C10H8F3IO2/c1-5(15)9-7(10(11,12)13)3-6(14)4-8(9)16-2/h3-4H,1-2H3. The first-order chi connectivity index (χ1) is 7.27. The van der Waals surface area contributed by atoms with E-state index >= 15 is 0 Å². The summed E-state index contributed by atoms with van der Waals surface area (Å²) < 4.78 is 43.2. The van der Waals surface area contributed by atoms with Gasteiger partial charge < -0.3 is 4.74 Å². The van der Waals surface area contributed by atoms with E-state index in [2.05, 4.69) is 0 Å². The van der Waals surface area contributed by atoms with Crippen LogP contribution in [0.5, 0.6) is 5.75 Å². The largest absolute Gasteiger partial charge is 0.496 e. The van der Waals surface area contributed by atoms with Crippen molar-refractivity contribution in [3.05, 3.63) is 26.8 Å². The molecule has 0 heterocycles. The summed E-state index contributed by atoms with van der Waals surface area (Å²) in [6.07, 6.45) is -4.56. The lowest BCUT2D eigenvalue weighted by atomic mass is 10.0. The number of hydrogen-bond donors (Lipinski definition) is 0. The maximum absolute atomic E-state index is 12.7. The van der Waals surface area contributed by atoms with Crippen molar-refractivity contribution in [2.45, 2.75) is 13.1 Å². The second kappa shape index (κ2) is 4.60. The normalized spacial score (nSPS) is 11.4. The Morgan fingerprint density at radius 1 is 1.38 bits per heavy atom. The lowest BCUT2D eigenvalue weighted by molar-refractivity contribution is -0.138. The van der Waals surface area contributed by atoms with Crippen LogP contribution in [-0.4, -0.2) is 12.9 Å². The Bertz CT molecular complexity index is 427. The van der Waals surface area contributed by atoms with E-state index in [0.717, 1.165) is 13.0 Å². The van der Waals surface area contributed by atoms with Gasteiger partial charge in [0.15, 0.2) is 5.78 Å². The third-order valence-electron chi connectivity index (χ3n) is 1.94. The quantitative estimate of drug-likeness (QED) is 0.606. The summed E-state index contributed by atoms with van der Waals surface area (Å²) in [5.41, 5.74) is -1.38. The number of ketones is 1. The average molecular weight is 344 g/mol. The Labute approximate surface area is 104 Å². The fourth-order valence-electron chi connectivity index (χ4n) is 1.33. The lowest BCUT2D eigenvalue weighted by Crippen LogP contribution is -2.13. The van der Waals surface area contributed by atoms with Crippen molar-refractivity contribution in [2.75, 3.05) is 7.11 Å². The molecule has 1 aromatic rings. The summed E-state index contributed by atoms with van der Waals surface area (Å²) in [4.78, 5) is 11.2. The van der Waals surface area contributed by atoms with Crippen LogP contribution in [0.4, 0.5) is 13.2 Å². The molecule has 0 aromatic heterocycles. The molecule has 16 heavy (non-hydrogen) atoms. The molecule has 0 aliphatic heterocycles. The van der Waals surface area contributed by atoms with E-state index < -0.39 is 23.1 Å². The van der Waals surface area contributed by atoms with Crippen LogP contribution in [0.15, 0.2) is 12.1 Å². The number of hydrogen-bond acceptors (Lipinski definition) is 2. The highest BCUT2D eigenvalue weighted by molar-refractivity contribution is 14.1. The topological polar surface area (TPSA) is 26.3 Å². The minimum absolute atomic E-state index is 0.0493. The van der Waals surface area contributed by atoms with Crippen molar-refractivity contribution in [1.29, 1.82) is 0 Å². The van der Waals surface area contributed by atoms with Crippen LogP contribution in [-0.2, 0) is 6.18 Å². The van der Waals surface area contributed by atoms with Gasteiger partial charge >= 0.3 is 6.18 Å². The van der Waals surface area contributed by atoms with Crippen molar-refractivity contribution in [3.8, 4) is 5.75 Å². The maximum Gasteiger partial charge on any atom is 0.417 e. The number of alkyl halides is 3. The molecule has 0 aliphatic rings. The molecule has 2 nitrogen and oxygen atoms in total. The zero-order chi connectivity index (χ0) is 12.5. The van der Waals surface area contributed by atoms with E-state index in [-0.39, 0.29) is 5.75 Å². The number of Topliss-reactive ketones (excluding diaryl/α,β-unsaturated/α-hetero) is 1. The molecule has 88 valence electrons. The van der Waals surface area contributed by atoms with E-state index in [1.54, 1.807) is 22.6 Å². The van der Waals surface area contributed by atoms with Crippen molar-refractivity contribution in [2.24, 2.45) is 0 Å². The number of methoxy groups -OCH3 is 1. The van der Waals surface area contributed by atoms with E-state index in [1.807, 2.05) is 0 Å². The van der Waals surface area contributed by atoms with Crippen molar-refractivity contribution >= 4 is 28.4 Å². The van der Waals surface area contributed by atoms with Crippen LogP contribution in [0.3, 0.4) is 0 Å². The van der Waals surface area contributed by atoms with Crippen LogP contribution < -0.4 is 4.74 Å². The summed E-state index contributed by atoms with van der Waals surface area (Å²) in [6.45, 7) is 1.08. The minimum Gasteiger partial charge on any atom is -0.496 e. The third kappa shape index (κ3) is 2.66. The van der Waals surface area contributed by atoms with Gasteiger partial charge in [-0.05, 0) is 41.6 Å². The molecule has 0 amide bonds. The molecule has 6 heteroatoms. The van der Waals surface area contributed by atoms with Crippen LogP contribution in [0.2, 0.25) is 0 Å². The molecule has 0 bridgehead atoms. The molecule has 0 spiro atoms. The third-order valence-corrected chi connectivity index (χ3v) is 2.57. The molecule has 0 N–H and O–H groups in total. The zero-order valence-corrected chi connectivity index (χ0v) is 10.6. The van der Waals surface area contributed by atoms with Crippen LogP contribution in [0.1, 0.15) is 22.8 Å². The summed E-state index contributed by atoms with van der Waals surface area (Å²) >= 11 is 1.74. The van der Waals surface area contributed by atoms with E-state index in [9.17, 15) is 18.0 Å². The van der Waals surface area contributed by atoms with Gasteiger partial charge in [0.1, 0.15) is 5.75 Å². The van der Waals surface area contributed by atoms with Crippen molar-refractivity contribution in [3.63, 3.8) is 0 Å². The van der Waals surface area contributed by atoms with Gasteiger partial charge in [-0.3, -0.25) is 4.79 Å². The van der Waals surface area contributed by atoms with Crippen LogP contribution in [0, 0.1) is 3.57 Å². The van der Waals surface area contributed by atoms with Gasteiger partial charge in [0.25, 0.3) is 0 Å². The summed E-state index contributed by atoms with van der Waals surface area (Å²) in [5, 5.41) is 0. The van der Waals surface area contributed by atoms with Gasteiger partial charge in [-0.15, -0.1) is 0 Å². The predicted molar refractivity (Wildman–Crippen MR) is 60.7 cm³/mol. The maximum atomic E-state index is 12.7. The molecule has 0 radical (unpaired) electrons. The number of halogens is 4. The first kappa shape index (κ1) is 13.3. The molecule has 1 aromatic carbocycles. The molecule has 0 unspecified atom stereocenters. The molecule has 0 saturated carbocycles. The molecule has 1 rings (SSSR count). The van der Waals surface area contributed by atoms with Crippen LogP contribution >= 0.6 is 22.6 Å². The highest BCUT2D eigenvalue weighted by atomic mass is 127. The summed E-state index contributed by atoms with van der Waals surface area (Å²) in [6, 6.07) is 2.33. The lowest BCUT2D eigenvalue weighted by Gasteiger charge is -2.14. The number of ether oxygens (including phenoxy) is 1. The Hall–Kier alpha value is -0.790. The summed E-state index contributed by atoms with van der Waals surface area (Å²) in [5.74, 6) is -0.715. The predicted octanol–water partition coefficient (Wildman–Crippen LogP) is 3.52. The summed E-state index contributed by atoms with van der Waals surface area (Å²) in [7, 11) is 1.23. The Kier molecular flexibility index (Phi) is 3.82. The average Bonchev–Trinajstić information content (AvgIpc) is 2.14. The molecule has 0 fully saturated rings. The molecular formula is C10H8F3IO2. The first-order valence-corrected chi connectivity index (χ1v) is 5.31. The highest BCUT2D eigenvalue weighted by Gasteiger charge is 2.36. The number of benzene rings is 1. The number of rotatable bonds is 2. The minimum atomic E-state index is -4.56. The second-order valence-corrected chi connectivity index (χ2v) is 4.33. The fraction of sp³-hybridized carbons (Fsp3) is 0.300. The van der Waals surface area contributed by atoms with Gasteiger partial charge in [-0.2, -0.15) is 13.2 Å². The van der Waals surface area contributed by atoms with E-state index in [0.29, 0.717) is 3.57 Å². The first-order valence-electron chi connectivity index (χ1n) is 4.23. The zero-order valence-electron chi connectivity index (χ0n) is 8.48. The Balaban J connectivity index is 3.57. The monoisotopic (exact) mass is 344 g/mol. The van der Waals surface area contributed by atoms with Gasteiger partial charge in [-0.1, -0.05) is 0 Å². The SMILES string of the molecule is COc1cc(I)cc(C(F)(F)F)c1C(C)=O. The number of carbonyl (C=O) groups excluding carboxylic acids is 1. The van der Waals surface area contributed by atoms with Gasteiger partial charge in [-0.25, -0.2) is 0 Å². The van der Waals surface area contributed by atoms with Gasteiger partial charge in [0, 0.05) is 3.57 Å². The van der Waals surface area contributed by atoms with E-state index in [4.69, 9.17) is 4.74 Å². The smallest absolute Gasteiger partial charge is 0.417 e. The van der Waals surface area contributed by atoms with Gasteiger partial charge in [0.2, 0.25) is 0 Å². The number of carbonyl (C=O) groups is 1. The van der Waals surface area contributed by atoms with E-state index in [1.165, 1.54) is 13.2 Å². The Morgan fingerprint density at radius 2 is 1.94 bits per heavy atom. The van der Waals surface area contributed by atoms with Crippen molar-refractivity contribution in [1.82, 2.24) is 0 Å². The molecule has 0 atom stereocenters. The highest BCUT2D eigenvalue weighted by Crippen LogP contribution is 2.37. The molecule has 0 saturated heterocycles. The van der Waals surface area contributed by atoms with Crippen molar-refractivity contribution < 1.29 is 22.7 Å². The van der Waals surface area contributed by atoms with Crippen LogP contribution in [0.25, 0.3) is 0 Å². The molecule has 0 aliphatic carbocycles.